The molecular formula is C39H44F4I2N4O6. The van der Waals surface area contributed by atoms with E-state index in [0.29, 0.717) is 17.8 Å². The molecule has 16 heteroatoms. The molecule has 0 aromatic heterocycles. The molecule has 0 saturated heterocycles. The molecule has 10 nitrogen and oxygen atoms in total. The quantitative estimate of drug-likeness (QED) is 0.0394. The van der Waals surface area contributed by atoms with Crippen molar-refractivity contribution in [3.8, 4) is 0 Å². The van der Waals surface area contributed by atoms with E-state index in [1.807, 2.05) is 52.0 Å². The van der Waals surface area contributed by atoms with Crippen molar-refractivity contribution in [3.63, 3.8) is 0 Å². The smallest absolute Gasteiger partial charge is 0.277 e. The normalized spacial score (nSPS) is 12.1. The average Bonchev–Trinajstić information content (AvgIpc) is 3.09. The molecule has 0 bridgehead atoms. The number of aliphatic hydroxyl groups is 2. The molecule has 0 heterocycles. The molecule has 55 heavy (non-hydrogen) atoms. The number of benzene rings is 4. The van der Waals surface area contributed by atoms with Gasteiger partial charge in [0.2, 0.25) is 0 Å². The Balaban J connectivity index is 0.000000296. The van der Waals surface area contributed by atoms with E-state index < -0.39 is 47.3 Å². The first-order chi connectivity index (χ1) is 25.9. The number of aryl methyl sites for hydroxylation is 2. The maximum atomic E-state index is 13.8. The molecule has 6 N–H and O–H groups in total. The maximum absolute atomic E-state index is 13.8. The first-order valence-corrected chi connectivity index (χ1v) is 19.3. The molecular weight excluding hydrogens is 950 g/mol. The highest BCUT2D eigenvalue weighted by atomic mass is 127. The third kappa shape index (κ3) is 14.5. The molecule has 0 radical (unpaired) electrons. The minimum atomic E-state index is -1.15. The van der Waals surface area contributed by atoms with Crippen molar-refractivity contribution in [2.24, 2.45) is 11.8 Å². The van der Waals surface area contributed by atoms with Crippen molar-refractivity contribution in [1.29, 1.82) is 0 Å². The standard InChI is InChI=1S/C20H23F2IN2O3.C19H21F2IN2O3/c1-11(2)6-14(26)10-28-25-20(27)15-8-16(21)17(22)9-19(15)24-18-5-4-13(23)7-12(18)3;1-10(2)18(25)9-27-24-19(26)13-7-14(20)15(21)8-17(13)23-16-5-4-12(22)6-11(16)3/h4-5,7-9,11,14,24,26H,6,10H2,1-3H3,(H,25,27);4-8,10,18,23,25H,9H2,1-3H3,(H,24,26). The van der Waals surface area contributed by atoms with Crippen molar-refractivity contribution in [2.45, 2.75) is 60.2 Å². The number of nitrogens with one attached hydrogen (secondary N) is 4. The molecule has 0 aliphatic carbocycles. The van der Waals surface area contributed by atoms with Crippen LogP contribution in [0.2, 0.25) is 0 Å². The van der Waals surface area contributed by atoms with E-state index in [4.69, 9.17) is 9.68 Å². The molecule has 2 unspecified atom stereocenters. The minimum Gasteiger partial charge on any atom is -0.391 e. The summed E-state index contributed by atoms with van der Waals surface area (Å²) in [6, 6.07) is 14.6. The third-order valence-electron chi connectivity index (χ3n) is 7.90. The molecule has 0 aliphatic rings. The first kappa shape index (κ1) is 45.8. The van der Waals surface area contributed by atoms with E-state index in [1.54, 1.807) is 26.0 Å². The number of hydroxylamine groups is 2. The first-order valence-electron chi connectivity index (χ1n) is 17.1. The van der Waals surface area contributed by atoms with Crippen LogP contribution < -0.4 is 21.6 Å². The minimum absolute atomic E-state index is 0.0498. The van der Waals surface area contributed by atoms with E-state index in [9.17, 15) is 37.4 Å². The highest BCUT2D eigenvalue weighted by Crippen LogP contribution is 2.29. The summed E-state index contributed by atoms with van der Waals surface area (Å²) in [6.45, 7) is 11.0. The summed E-state index contributed by atoms with van der Waals surface area (Å²) in [7, 11) is 0. The van der Waals surface area contributed by atoms with E-state index in [0.717, 1.165) is 42.5 Å². The van der Waals surface area contributed by atoms with Crippen LogP contribution in [0.5, 0.6) is 0 Å². The lowest BCUT2D eigenvalue weighted by Gasteiger charge is -2.16. The van der Waals surface area contributed by atoms with Crippen molar-refractivity contribution in [1.82, 2.24) is 11.0 Å². The molecule has 4 rings (SSSR count). The van der Waals surface area contributed by atoms with Gasteiger partial charge in [-0.05, 0) is 137 Å². The van der Waals surface area contributed by atoms with E-state index in [1.165, 1.54) is 0 Å². The van der Waals surface area contributed by atoms with Crippen LogP contribution in [0, 0.1) is 56.1 Å². The number of rotatable bonds is 15. The van der Waals surface area contributed by atoms with Crippen LogP contribution in [0.3, 0.4) is 0 Å². The van der Waals surface area contributed by atoms with Gasteiger partial charge in [0.15, 0.2) is 23.3 Å². The second kappa shape index (κ2) is 21.7. The number of carbonyl (C=O) groups is 2. The number of halogens is 6. The Kier molecular flexibility index (Phi) is 18.1. The lowest BCUT2D eigenvalue weighted by atomic mass is 10.1. The summed E-state index contributed by atoms with van der Waals surface area (Å²) in [4.78, 5) is 34.8. The van der Waals surface area contributed by atoms with Crippen LogP contribution in [-0.2, 0) is 9.68 Å². The molecule has 0 fully saturated rings. The Labute approximate surface area is 345 Å². The highest BCUT2D eigenvalue weighted by Gasteiger charge is 2.20. The van der Waals surface area contributed by atoms with Gasteiger partial charge in [-0.2, -0.15) is 0 Å². The predicted molar refractivity (Wildman–Crippen MR) is 220 cm³/mol. The van der Waals surface area contributed by atoms with Gasteiger partial charge in [0, 0.05) is 30.6 Å². The van der Waals surface area contributed by atoms with Crippen LogP contribution in [0.1, 0.15) is 66.0 Å². The second-order valence-corrected chi connectivity index (χ2v) is 15.9. The number of hydrogen-bond donors (Lipinski definition) is 6. The van der Waals surface area contributed by atoms with Crippen molar-refractivity contribution in [3.05, 3.63) is 113 Å². The monoisotopic (exact) mass is 994 g/mol. The Morgan fingerprint density at radius 1 is 0.636 bits per heavy atom. The fourth-order valence-electron chi connectivity index (χ4n) is 4.81. The largest absolute Gasteiger partial charge is 0.391 e. The summed E-state index contributed by atoms with van der Waals surface area (Å²) in [5.74, 6) is -5.72. The summed E-state index contributed by atoms with van der Waals surface area (Å²) in [5.41, 5.74) is 7.38. The van der Waals surface area contributed by atoms with Gasteiger partial charge in [-0.1, -0.05) is 27.7 Å². The van der Waals surface area contributed by atoms with Crippen LogP contribution in [0.25, 0.3) is 0 Å². The summed E-state index contributed by atoms with van der Waals surface area (Å²) < 4.78 is 56.9. The van der Waals surface area contributed by atoms with E-state index >= 15 is 0 Å². The highest BCUT2D eigenvalue weighted by molar-refractivity contribution is 14.1. The molecule has 4 aromatic carbocycles. The molecule has 4 aromatic rings. The van der Waals surface area contributed by atoms with Crippen LogP contribution >= 0.6 is 45.2 Å². The Morgan fingerprint density at radius 2 is 1.04 bits per heavy atom. The fraction of sp³-hybridized carbons (Fsp3) is 0.333. The van der Waals surface area contributed by atoms with Gasteiger partial charge in [0.25, 0.3) is 11.8 Å². The summed E-state index contributed by atoms with van der Waals surface area (Å²) >= 11 is 4.34. The lowest BCUT2D eigenvalue weighted by molar-refractivity contribution is -0.0268. The fourth-order valence-corrected chi connectivity index (χ4v) is 6.11. The average molecular weight is 995 g/mol. The van der Waals surface area contributed by atoms with Crippen molar-refractivity contribution < 1.29 is 47.0 Å². The van der Waals surface area contributed by atoms with Gasteiger partial charge < -0.3 is 20.8 Å². The topological polar surface area (TPSA) is 141 Å². The number of anilines is 4. The zero-order valence-electron chi connectivity index (χ0n) is 31.0. The van der Waals surface area contributed by atoms with Gasteiger partial charge in [-0.15, -0.1) is 0 Å². The Bertz CT molecular complexity index is 1950. The number of amides is 2. The van der Waals surface area contributed by atoms with Gasteiger partial charge in [-0.3, -0.25) is 19.3 Å². The van der Waals surface area contributed by atoms with Gasteiger partial charge >= 0.3 is 0 Å². The zero-order chi connectivity index (χ0) is 41.0. The molecule has 0 aliphatic heterocycles. The summed E-state index contributed by atoms with van der Waals surface area (Å²) in [6.07, 6.45) is -0.987. The number of aliphatic hydroxyl groups excluding tert-OH is 2. The van der Waals surface area contributed by atoms with E-state index in [-0.39, 0.29) is 47.6 Å². The molecule has 298 valence electrons. The van der Waals surface area contributed by atoms with Crippen LogP contribution in [0.4, 0.5) is 40.3 Å². The second-order valence-electron chi connectivity index (χ2n) is 13.4. The molecule has 2 atom stereocenters. The Morgan fingerprint density at radius 3 is 1.42 bits per heavy atom. The zero-order valence-corrected chi connectivity index (χ0v) is 35.3. The molecule has 0 spiro atoms. The lowest BCUT2D eigenvalue weighted by Crippen LogP contribution is -2.31. The van der Waals surface area contributed by atoms with Crippen molar-refractivity contribution >= 4 is 79.7 Å². The molecule has 2 amide bonds. The SMILES string of the molecule is Cc1cc(I)ccc1Nc1cc(F)c(F)cc1C(=O)NOCC(O)C(C)C.Cc1cc(I)ccc1Nc1cc(F)c(F)cc1C(=O)NOCC(O)CC(C)C. The number of hydrogen-bond acceptors (Lipinski definition) is 8. The molecule has 0 saturated carbocycles. The predicted octanol–water partition coefficient (Wildman–Crippen LogP) is 8.99. The van der Waals surface area contributed by atoms with Gasteiger partial charge in [-0.25, -0.2) is 28.5 Å². The Hall–Kier alpha value is -3.56. The number of carbonyl (C=O) groups excluding carboxylic acids is 2. The van der Waals surface area contributed by atoms with E-state index in [2.05, 4.69) is 66.8 Å². The third-order valence-corrected chi connectivity index (χ3v) is 9.24. The van der Waals surface area contributed by atoms with Crippen LogP contribution in [-0.4, -0.2) is 47.4 Å². The van der Waals surface area contributed by atoms with Gasteiger partial charge in [0.1, 0.15) is 13.2 Å². The van der Waals surface area contributed by atoms with Gasteiger partial charge in [0.05, 0.1) is 34.7 Å². The summed E-state index contributed by atoms with van der Waals surface area (Å²) in [5, 5.41) is 25.4. The van der Waals surface area contributed by atoms with Crippen LogP contribution in [0.15, 0.2) is 60.7 Å². The maximum Gasteiger partial charge on any atom is 0.277 e. The van der Waals surface area contributed by atoms with Crippen molar-refractivity contribution in [2.75, 3.05) is 23.8 Å².